The number of benzene rings is 3. The van der Waals surface area contributed by atoms with Crippen LogP contribution in [0.4, 0.5) is 5.69 Å². The molecule has 0 fully saturated rings. The van der Waals surface area contributed by atoms with Gasteiger partial charge in [-0.15, -0.1) is 0 Å². The average Bonchev–Trinajstić information content (AvgIpc) is 3.17. The Hall–Kier alpha value is -2.83. The molecule has 0 atom stereocenters. The third kappa shape index (κ3) is 3.86. The molecule has 0 radical (unpaired) electrons. The van der Waals surface area contributed by atoms with Gasteiger partial charge in [0.1, 0.15) is 0 Å². The van der Waals surface area contributed by atoms with Crippen molar-refractivity contribution in [2.24, 2.45) is 0 Å². The Bertz CT molecular complexity index is 1160. The maximum Gasteiger partial charge on any atom is 0.264 e. The highest BCUT2D eigenvalue weighted by Crippen LogP contribution is 2.33. The summed E-state index contributed by atoms with van der Waals surface area (Å²) in [6.07, 6.45) is 0.563. The fourth-order valence-electron chi connectivity index (χ4n) is 3.40. The van der Waals surface area contributed by atoms with Crippen LogP contribution in [0.1, 0.15) is 21.5 Å². The molecule has 1 aliphatic rings. The summed E-state index contributed by atoms with van der Waals surface area (Å²) in [7, 11) is -3.62. The summed E-state index contributed by atoms with van der Waals surface area (Å²) in [5.74, 6) is -0.225. The lowest BCUT2D eigenvalue weighted by atomic mass is 10.1. The van der Waals surface area contributed by atoms with E-state index in [1.807, 2.05) is 18.2 Å². The maximum absolute atomic E-state index is 12.9. The van der Waals surface area contributed by atoms with Crippen LogP contribution in [0.3, 0.4) is 0 Å². The largest absolute Gasteiger partial charge is 0.348 e. The van der Waals surface area contributed by atoms with Gasteiger partial charge in [0.05, 0.1) is 10.6 Å². The van der Waals surface area contributed by atoms with E-state index in [1.54, 1.807) is 54.6 Å². The van der Waals surface area contributed by atoms with Gasteiger partial charge < -0.3 is 5.32 Å². The number of halogens is 1. The van der Waals surface area contributed by atoms with Gasteiger partial charge in [0.25, 0.3) is 15.9 Å². The van der Waals surface area contributed by atoms with E-state index in [4.69, 9.17) is 11.6 Å². The number of fused-ring (bicyclic) bond motifs is 1. The Morgan fingerprint density at radius 3 is 2.48 bits per heavy atom. The minimum atomic E-state index is -3.62. The van der Waals surface area contributed by atoms with Crippen molar-refractivity contribution in [3.05, 3.63) is 94.5 Å². The van der Waals surface area contributed by atoms with E-state index in [0.717, 1.165) is 11.1 Å². The maximum atomic E-state index is 12.9. The Morgan fingerprint density at radius 1 is 1.00 bits per heavy atom. The van der Waals surface area contributed by atoms with Crippen LogP contribution in [-0.2, 0) is 23.0 Å². The third-order valence-corrected chi connectivity index (χ3v) is 7.12. The minimum Gasteiger partial charge on any atom is -0.348 e. The number of nitrogens with zero attached hydrogens (tertiary/aromatic N) is 1. The first-order chi connectivity index (χ1) is 14.0. The van der Waals surface area contributed by atoms with Crippen LogP contribution in [0.2, 0.25) is 5.02 Å². The number of hydrogen-bond acceptors (Lipinski definition) is 3. The Balaban J connectivity index is 1.53. The van der Waals surface area contributed by atoms with Gasteiger partial charge in [-0.1, -0.05) is 48.0 Å². The summed E-state index contributed by atoms with van der Waals surface area (Å²) in [5, 5.41) is 3.46. The second-order valence-electron chi connectivity index (χ2n) is 6.76. The van der Waals surface area contributed by atoms with Gasteiger partial charge in [-0.25, -0.2) is 8.42 Å². The molecule has 148 valence electrons. The molecule has 1 N–H and O–H groups in total. The predicted molar refractivity (Wildman–Crippen MR) is 114 cm³/mol. The molecule has 1 aliphatic heterocycles. The van der Waals surface area contributed by atoms with Crippen LogP contribution in [-0.4, -0.2) is 20.9 Å². The van der Waals surface area contributed by atoms with Crippen LogP contribution in [0, 0.1) is 0 Å². The number of hydrogen-bond donors (Lipinski definition) is 1. The first kappa shape index (κ1) is 19.5. The summed E-state index contributed by atoms with van der Waals surface area (Å²) < 4.78 is 27.3. The number of sulfonamides is 1. The molecule has 1 heterocycles. The molecule has 0 bridgehead atoms. The fourth-order valence-corrected chi connectivity index (χ4v) is 5.13. The van der Waals surface area contributed by atoms with Crippen molar-refractivity contribution in [2.45, 2.75) is 17.9 Å². The van der Waals surface area contributed by atoms with Crippen molar-refractivity contribution in [3.63, 3.8) is 0 Å². The molecule has 4 rings (SSSR count). The van der Waals surface area contributed by atoms with Crippen molar-refractivity contribution in [1.29, 1.82) is 0 Å². The van der Waals surface area contributed by atoms with Crippen molar-refractivity contribution < 1.29 is 13.2 Å². The molecule has 0 spiro atoms. The van der Waals surface area contributed by atoms with E-state index >= 15 is 0 Å². The zero-order chi connectivity index (χ0) is 20.4. The number of amides is 1. The fraction of sp³-hybridized carbons (Fsp3) is 0.136. The zero-order valence-corrected chi connectivity index (χ0v) is 17.1. The summed E-state index contributed by atoms with van der Waals surface area (Å²) >= 11 is 6.13. The van der Waals surface area contributed by atoms with E-state index in [1.165, 1.54) is 4.31 Å². The van der Waals surface area contributed by atoms with Gasteiger partial charge in [-0.05, 0) is 53.9 Å². The number of carbonyl (C=O) groups excluding carboxylic acids is 1. The standard InChI is InChI=1S/C22H19ClN2O3S/c23-20-9-5-4-6-18(20)15-24-22(26)17-10-11-21-16(14-17)12-13-25(21)29(27,28)19-7-2-1-3-8-19/h1-11,14H,12-13,15H2,(H,24,26). The molecular weight excluding hydrogens is 408 g/mol. The number of rotatable bonds is 5. The predicted octanol–water partition coefficient (Wildman–Crippen LogP) is 4.02. The van der Waals surface area contributed by atoms with E-state index < -0.39 is 10.0 Å². The first-order valence-corrected chi connectivity index (χ1v) is 11.0. The molecule has 3 aromatic carbocycles. The normalized spacial score (nSPS) is 13.2. The van der Waals surface area contributed by atoms with Crippen molar-refractivity contribution in [1.82, 2.24) is 5.32 Å². The van der Waals surface area contributed by atoms with E-state index in [2.05, 4.69) is 5.32 Å². The van der Waals surface area contributed by atoms with E-state index in [-0.39, 0.29) is 10.8 Å². The van der Waals surface area contributed by atoms with Gasteiger partial charge in [0, 0.05) is 23.7 Å². The summed E-state index contributed by atoms with van der Waals surface area (Å²) in [5.41, 5.74) is 2.80. The molecule has 0 unspecified atom stereocenters. The average molecular weight is 427 g/mol. The van der Waals surface area contributed by atoms with Crippen LogP contribution < -0.4 is 9.62 Å². The topological polar surface area (TPSA) is 66.5 Å². The molecule has 3 aromatic rings. The molecular formula is C22H19ClN2O3S. The SMILES string of the molecule is O=C(NCc1ccccc1Cl)c1ccc2c(c1)CCN2S(=O)(=O)c1ccccc1. The Kier molecular flexibility index (Phi) is 5.30. The number of nitrogens with one attached hydrogen (secondary N) is 1. The summed E-state index contributed by atoms with van der Waals surface area (Å²) in [6.45, 7) is 0.682. The quantitative estimate of drug-likeness (QED) is 0.670. The molecule has 0 aromatic heterocycles. The summed E-state index contributed by atoms with van der Waals surface area (Å²) in [4.78, 5) is 12.8. The van der Waals surface area contributed by atoms with Crippen LogP contribution >= 0.6 is 11.6 Å². The van der Waals surface area contributed by atoms with Gasteiger partial charge in [-0.2, -0.15) is 0 Å². The highest BCUT2D eigenvalue weighted by Gasteiger charge is 2.31. The van der Waals surface area contributed by atoms with Gasteiger partial charge >= 0.3 is 0 Å². The minimum absolute atomic E-state index is 0.225. The van der Waals surface area contributed by atoms with Gasteiger partial charge in [0.2, 0.25) is 0 Å². The second-order valence-corrected chi connectivity index (χ2v) is 9.03. The smallest absolute Gasteiger partial charge is 0.264 e. The number of anilines is 1. The molecule has 0 saturated carbocycles. The summed E-state index contributed by atoms with van der Waals surface area (Å²) in [6, 6.07) is 20.8. The van der Waals surface area contributed by atoms with Crippen LogP contribution in [0.5, 0.6) is 0 Å². The van der Waals surface area contributed by atoms with Crippen molar-refractivity contribution >= 4 is 33.2 Å². The molecule has 0 aliphatic carbocycles. The molecule has 1 amide bonds. The van der Waals surface area contributed by atoms with Crippen LogP contribution in [0.25, 0.3) is 0 Å². The van der Waals surface area contributed by atoms with Crippen molar-refractivity contribution in [3.8, 4) is 0 Å². The van der Waals surface area contributed by atoms with Crippen molar-refractivity contribution in [2.75, 3.05) is 10.8 Å². The third-order valence-electron chi connectivity index (χ3n) is 4.92. The second kappa shape index (κ2) is 7.89. The zero-order valence-electron chi connectivity index (χ0n) is 15.5. The monoisotopic (exact) mass is 426 g/mol. The lowest BCUT2D eigenvalue weighted by molar-refractivity contribution is 0.0951. The number of carbonyl (C=O) groups is 1. The van der Waals surface area contributed by atoms with E-state index in [0.29, 0.717) is 35.8 Å². The highest BCUT2D eigenvalue weighted by molar-refractivity contribution is 7.92. The lowest BCUT2D eigenvalue weighted by Crippen LogP contribution is -2.29. The first-order valence-electron chi connectivity index (χ1n) is 9.19. The molecule has 29 heavy (non-hydrogen) atoms. The molecule has 7 heteroatoms. The molecule has 0 saturated heterocycles. The van der Waals surface area contributed by atoms with Gasteiger partial charge in [0.15, 0.2) is 0 Å². The van der Waals surface area contributed by atoms with E-state index in [9.17, 15) is 13.2 Å². The lowest BCUT2D eigenvalue weighted by Gasteiger charge is -2.19. The molecule has 5 nitrogen and oxygen atoms in total. The van der Waals surface area contributed by atoms with Gasteiger partial charge in [-0.3, -0.25) is 9.10 Å². The highest BCUT2D eigenvalue weighted by atomic mass is 35.5. The Labute approximate surface area is 175 Å². The Morgan fingerprint density at radius 2 is 1.72 bits per heavy atom. The van der Waals surface area contributed by atoms with Crippen LogP contribution in [0.15, 0.2) is 77.7 Å².